The molecule has 3 aromatic rings. The normalized spacial score (nSPS) is 13.4. The Morgan fingerprint density at radius 3 is 2.43 bits per heavy atom. The first-order chi connectivity index (χ1) is 13.0. The minimum atomic E-state index is -4.84. The van der Waals surface area contributed by atoms with Crippen molar-refractivity contribution >= 4 is 11.0 Å². The third-order valence-corrected chi connectivity index (χ3v) is 4.35. The molecule has 0 radical (unpaired) electrons. The predicted molar refractivity (Wildman–Crippen MR) is 91.3 cm³/mol. The van der Waals surface area contributed by atoms with E-state index in [0.29, 0.717) is 6.07 Å². The second-order valence-corrected chi connectivity index (χ2v) is 6.61. The van der Waals surface area contributed by atoms with Gasteiger partial charge in [0.25, 0.3) is 5.56 Å². The molecule has 0 amide bonds. The number of aromatic amines is 2. The van der Waals surface area contributed by atoms with Gasteiger partial charge in [0, 0.05) is 0 Å². The van der Waals surface area contributed by atoms with E-state index < -0.39 is 41.5 Å². The second-order valence-electron chi connectivity index (χ2n) is 6.61. The summed E-state index contributed by atoms with van der Waals surface area (Å²) in [6, 6.07) is 1.70. The number of hydrogen-bond acceptors (Lipinski definition) is 4. The molecule has 0 unspecified atom stereocenters. The van der Waals surface area contributed by atoms with Gasteiger partial charge in [0.1, 0.15) is 22.5 Å². The average molecular weight is 400 g/mol. The molecule has 0 aliphatic heterocycles. The lowest BCUT2D eigenvalue weighted by molar-refractivity contribution is -0.140. The lowest BCUT2D eigenvalue weighted by atomic mass is 9.95. The summed E-state index contributed by atoms with van der Waals surface area (Å²) in [6.45, 7) is 2.83. The van der Waals surface area contributed by atoms with Gasteiger partial charge in [0.2, 0.25) is 0 Å². The molecule has 0 saturated carbocycles. The maximum Gasteiger partial charge on any atom is 0.419 e. The van der Waals surface area contributed by atoms with Gasteiger partial charge >= 0.3 is 11.9 Å². The van der Waals surface area contributed by atoms with Gasteiger partial charge in [-0.3, -0.25) is 14.8 Å². The lowest BCUT2D eigenvalue weighted by Crippen LogP contribution is -2.25. The Morgan fingerprint density at radius 2 is 1.89 bits per heavy atom. The number of hydrogen-bond donors (Lipinski definition) is 3. The standard InChI is InChI=1S/C17H16F4N4O3/c1-7(2)13(8-3-4-9(10(18)5-8)17(19,20)21)25-14-12(11(6-26)24-25)15(27)23-16(28)22-14/h3-5,7,13,26H,6H2,1-2H3,(H2,22,23,27,28)/t13-/m0/s1. The van der Waals surface area contributed by atoms with E-state index in [1.165, 1.54) is 4.68 Å². The van der Waals surface area contributed by atoms with Gasteiger partial charge < -0.3 is 5.11 Å². The summed E-state index contributed by atoms with van der Waals surface area (Å²) in [4.78, 5) is 28.2. The fraction of sp³-hybridized carbons (Fsp3) is 0.353. The molecule has 0 spiro atoms. The van der Waals surface area contributed by atoms with Crippen molar-refractivity contribution in [2.45, 2.75) is 32.7 Å². The summed E-state index contributed by atoms with van der Waals surface area (Å²) in [5.74, 6) is -1.76. The third kappa shape index (κ3) is 3.33. The number of nitrogens with zero attached hydrogens (tertiary/aromatic N) is 2. The van der Waals surface area contributed by atoms with Crippen molar-refractivity contribution in [3.63, 3.8) is 0 Å². The molecule has 7 nitrogen and oxygen atoms in total. The molecular weight excluding hydrogens is 384 g/mol. The van der Waals surface area contributed by atoms with Gasteiger partial charge in [-0.2, -0.15) is 18.3 Å². The molecule has 0 aliphatic rings. The molecule has 0 fully saturated rings. The van der Waals surface area contributed by atoms with E-state index in [1.807, 2.05) is 4.98 Å². The Labute approximate surface area is 154 Å². The minimum absolute atomic E-state index is 0.0168. The highest BCUT2D eigenvalue weighted by molar-refractivity contribution is 5.77. The topological polar surface area (TPSA) is 104 Å². The zero-order valence-electron chi connectivity index (χ0n) is 14.8. The number of rotatable bonds is 4. The monoisotopic (exact) mass is 400 g/mol. The fourth-order valence-corrected chi connectivity index (χ4v) is 3.21. The van der Waals surface area contributed by atoms with Gasteiger partial charge in [-0.1, -0.05) is 19.9 Å². The van der Waals surface area contributed by atoms with Crippen molar-refractivity contribution in [2.24, 2.45) is 5.92 Å². The van der Waals surface area contributed by atoms with Gasteiger partial charge in [-0.05, 0) is 23.6 Å². The number of nitrogens with one attached hydrogen (secondary N) is 2. The Kier molecular flexibility index (Phi) is 4.88. The number of alkyl halides is 3. The Hall–Kier alpha value is -2.95. The van der Waals surface area contributed by atoms with Gasteiger partial charge in [0.15, 0.2) is 0 Å². The molecule has 11 heteroatoms. The largest absolute Gasteiger partial charge is 0.419 e. The summed E-state index contributed by atoms with van der Waals surface area (Å²) >= 11 is 0. The fourth-order valence-electron chi connectivity index (χ4n) is 3.21. The van der Waals surface area contributed by atoms with Crippen LogP contribution in [0.5, 0.6) is 0 Å². The number of aliphatic hydroxyl groups is 1. The predicted octanol–water partition coefficient (Wildman–Crippen LogP) is 2.31. The summed E-state index contributed by atoms with van der Waals surface area (Å²) in [5.41, 5.74) is -2.86. The molecule has 150 valence electrons. The summed E-state index contributed by atoms with van der Waals surface area (Å²) in [5, 5.41) is 13.6. The second kappa shape index (κ2) is 6.89. The van der Waals surface area contributed by atoms with Gasteiger partial charge in [-0.15, -0.1) is 0 Å². The molecule has 1 aromatic carbocycles. The SMILES string of the molecule is CC(C)[C@@H](c1ccc(C(F)(F)F)c(F)c1)n1nc(CO)c2c(=O)[nH]c(=O)[nH]c21. The van der Waals surface area contributed by atoms with Crippen molar-refractivity contribution in [3.05, 3.63) is 61.7 Å². The molecule has 1 atom stereocenters. The molecular formula is C17H16F4N4O3. The number of H-pyrrole nitrogens is 2. The molecule has 28 heavy (non-hydrogen) atoms. The van der Waals surface area contributed by atoms with Crippen LogP contribution >= 0.6 is 0 Å². The molecule has 3 N–H and O–H groups in total. The van der Waals surface area contributed by atoms with E-state index in [2.05, 4.69) is 10.1 Å². The quantitative estimate of drug-likeness (QED) is 0.585. The number of fused-ring (bicyclic) bond motifs is 1. The summed E-state index contributed by atoms with van der Waals surface area (Å²) in [7, 11) is 0. The van der Waals surface area contributed by atoms with Crippen LogP contribution < -0.4 is 11.2 Å². The van der Waals surface area contributed by atoms with Gasteiger partial charge in [-0.25, -0.2) is 13.9 Å². The highest BCUT2D eigenvalue weighted by Crippen LogP contribution is 2.35. The zero-order chi connectivity index (χ0) is 20.8. The Balaban J connectivity index is 2.26. The maximum absolute atomic E-state index is 14.1. The van der Waals surface area contributed by atoms with Crippen molar-refractivity contribution in [1.82, 2.24) is 19.7 Å². The minimum Gasteiger partial charge on any atom is -0.390 e. The Bertz CT molecular complexity index is 1140. The van der Waals surface area contributed by atoms with Crippen LogP contribution in [0.25, 0.3) is 11.0 Å². The lowest BCUT2D eigenvalue weighted by Gasteiger charge is -2.23. The van der Waals surface area contributed by atoms with E-state index in [9.17, 15) is 32.3 Å². The van der Waals surface area contributed by atoms with Crippen molar-refractivity contribution in [2.75, 3.05) is 0 Å². The van der Waals surface area contributed by atoms with Gasteiger partial charge in [0.05, 0.1) is 18.2 Å². The zero-order valence-corrected chi connectivity index (χ0v) is 14.8. The number of aromatic nitrogens is 4. The molecule has 0 aliphatic carbocycles. The van der Waals surface area contributed by atoms with Crippen LogP contribution in [0.4, 0.5) is 17.6 Å². The van der Waals surface area contributed by atoms with Crippen molar-refractivity contribution < 1.29 is 22.7 Å². The first kappa shape index (κ1) is 19.8. The van der Waals surface area contributed by atoms with Crippen LogP contribution in [0.15, 0.2) is 27.8 Å². The Morgan fingerprint density at radius 1 is 1.21 bits per heavy atom. The van der Waals surface area contributed by atoms with E-state index in [-0.39, 0.29) is 28.2 Å². The molecule has 3 rings (SSSR count). The first-order valence-electron chi connectivity index (χ1n) is 8.25. The molecule has 2 heterocycles. The molecule has 0 bridgehead atoms. The van der Waals surface area contributed by atoms with Crippen LogP contribution in [0.2, 0.25) is 0 Å². The smallest absolute Gasteiger partial charge is 0.390 e. The van der Waals surface area contributed by atoms with Crippen molar-refractivity contribution in [3.8, 4) is 0 Å². The average Bonchev–Trinajstić information content (AvgIpc) is 2.92. The van der Waals surface area contributed by atoms with E-state index in [1.54, 1.807) is 13.8 Å². The first-order valence-corrected chi connectivity index (χ1v) is 8.25. The van der Waals surface area contributed by atoms with E-state index in [4.69, 9.17) is 0 Å². The number of aliphatic hydroxyl groups excluding tert-OH is 1. The summed E-state index contributed by atoms with van der Waals surface area (Å²) < 4.78 is 53.8. The molecule has 0 saturated heterocycles. The highest BCUT2D eigenvalue weighted by atomic mass is 19.4. The van der Waals surface area contributed by atoms with E-state index >= 15 is 0 Å². The summed E-state index contributed by atoms with van der Waals surface area (Å²) in [6.07, 6.45) is -4.84. The maximum atomic E-state index is 14.1. The number of halogens is 4. The van der Waals surface area contributed by atoms with E-state index in [0.717, 1.165) is 12.1 Å². The van der Waals surface area contributed by atoms with Crippen LogP contribution in [-0.4, -0.2) is 24.9 Å². The highest BCUT2D eigenvalue weighted by Gasteiger charge is 2.35. The molecule has 2 aromatic heterocycles. The van der Waals surface area contributed by atoms with Crippen LogP contribution in [-0.2, 0) is 12.8 Å². The van der Waals surface area contributed by atoms with Crippen LogP contribution in [0.3, 0.4) is 0 Å². The van der Waals surface area contributed by atoms with Crippen LogP contribution in [0, 0.1) is 11.7 Å². The van der Waals surface area contributed by atoms with Crippen LogP contribution in [0.1, 0.15) is 36.7 Å². The number of benzene rings is 1. The van der Waals surface area contributed by atoms with Crippen molar-refractivity contribution in [1.29, 1.82) is 0 Å². The third-order valence-electron chi connectivity index (χ3n) is 4.35.